The van der Waals surface area contributed by atoms with Gasteiger partial charge in [0.25, 0.3) is 5.56 Å². The molecule has 1 saturated heterocycles. The average molecular weight is 354 g/mol. The summed E-state index contributed by atoms with van der Waals surface area (Å²) in [5.41, 5.74) is 2.27. The number of fused-ring (bicyclic) bond motifs is 1. The molecule has 2 heterocycles. The van der Waals surface area contributed by atoms with Crippen LogP contribution in [-0.4, -0.2) is 29.0 Å². The lowest BCUT2D eigenvalue weighted by molar-refractivity contribution is 0.328. The molecular formula is C20H20ClN3O. The molecule has 0 amide bonds. The van der Waals surface area contributed by atoms with Crippen molar-refractivity contribution in [2.75, 3.05) is 18.4 Å². The summed E-state index contributed by atoms with van der Waals surface area (Å²) in [6, 6.07) is 16.3. The van der Waals surface area contributed by atoms with Crippen molar-refractivity contribution < 1.29 is 0 Å². The van der Waals surface area contributed by atoms with Crippen LogP contribution in [0.2, 0.25) is 5.02 Å². The Hall–Kier alpha value is -2.30. The second-order valence-corrected chi connectivity index (χ2v) is 7.04. The van der Waals surface area contributed by atoms with Crippen LogP contribution in [-0.2, 0) is 6.54 Å². The molecule has 0 spiro atoms. The van der Waals surface area contributed by atoms with Gasteiger partial charge < -0.3 is 10.3 Å². The molecule has 2 aromatic carbocycles. The zero-order valence-electron chi connectivity index (χ0n) is 13.8. The number of pyridine rings is 1. The quantitative estimate of drug-likeness (QED) is 0.748. The molecule has 5 heteroatoms. The predicted molar refractivity (Wildman–Crippen MR) is 103 cm³/mol. The van der Waals surface area contributed by atoms with E-state index in [-0.39, 0.29) is 5.56 Å². The number of nitrogens with one attached hydrogen (secondary N) is 2. The third kappa shape index (κ3) is 3.70. The van der Waals surface area contributed by atoms with E-state index in [4.69, 9.17) is 11.6 Å². The molecule has 0 bridgehead atoms. The molecule has 128 valence electrons. The predicted octanol–water partition coefficient (Wildman–Crippen LogP) is 3.87. The smallest absolute Gasteiger partial charge is 0.255 e. The highest BCUT2D eigenvalue weighted by Crippen LogP contribution is 2.21. The number of benzene rings is 2. The molecule has 25 heavy (non-hydrogen) atoms. The van der Waals surface area contributed by atoms with Crippen LogP contribution in [0.5, 0.6) is 0 Å². The van der Waals surface area contributed by atoms with E-state index in [2.05, 4.69) is 21.3 Å². The van der Waals surface area contributed by atoms with Gasteiger partial charge in [0.2, 0.25) is 0 Å². The van der Waals surface area contributed by atoms with Gasteiger partial charge in [0.15, 0.2) is 0 Å². The lowest BCUT2D eigenvalue weighted by Crippen LogP contribution is -2.26. The Morgan fingerprint density at radius 2 is 2.12 bits per heavy atom. The van der Waals surface area contributed by atoms with E-state index in [1.807, 2.05) is 42.5 Å². The first-order chi connectivity index (χ1) is 12.2. The second-order valence-electron chi connectivity index (χ2n) is 6.60. The fourth-order valence-corrected chi connectivity index (χ4v) is 3.72. The van der Waals surface area contributed by atoms with E-state index < -0.39 is 0 Å². The maximum Gasteiger partial charge on any atom is 0.255 e. The first kappa shape index (κ1) is 16.2. The van der Waals surface area contributed by atoms with E-state index in [1.165, 1.54) is 5.56 Å². The van der Waals surface area contributed by atoms with Crippen LogP contribution in [0.1, 0.15) is 12.0 Å². The van der Waals surface area contributed by atoms with Crippen LogP contribution in [0.3, 0.4) is 0 Å². The largest absolute Gasteiger partial charge is 0.381 e. The van der Waals surface area contributed by atoms with Gasteiger partial charge >= 0.3 is 0 Å². The number of hydrogen-bond donors (Lipinski definition) is 2. The minimum Gasteiger partial charge on any atom is -0.381 e. The van der Waals surface area contributed by atoms with Gasteiger partial charge in [0, 0.05) is 48.0 Å². The Morgan fingerprint density at radius 3 is 3.00 bits per heavy atom. The maximum atomic E-state index is 11.8. The molecule has 1 fully saturated rings. The Labute approximate surface area is 151 Å². The summed E-state index contributed by atoms with van der Waals surface area (Å²) < 4.78 is 0. The lowest BCUT2D eigenvalue weighted by Gasteiger charge is -2.18. The Balaban J connectivity index is 1.41. The van der Waals surface area contributed by atoms with Crippen molar-refractivity contribution in [3.63, 3.8) is 0 Å². The van der Waals surface area contributed by atoms with Gasteiger partial charge in [-0.2, -0.15) is 0 Å². The monoisotopic (exact) mass is 353 g/mol. The molecule has 1 aliphatic rings. The van der Waals surface area contributed by atoms with Crippen LogP contribution in [0.4, 0.5) is 5.69 Å². The van der Waals surface area contributed by atoms with Crippen molar-refractivity contribution >= 4 is 28.1 Å². The summed E-state index contributed by atoms with van der Waals surface area (Å²) in [4.78, 5) is 16.9. The SMILES string of the molecule is O=c1[nH]ccc2cc(NC3CCN(Cc4cccc(Cl)c4)C3)ccc12. The average Bonchev–Trinajstić information content (AvgIpc) is 3.02. The van der Waals surface area contributed by atoms with Crippen molar-refractivity contribution in [2.45, 2.75) is 19.0 Å². The molecule has 2 N–H and O–H groups in total. The highest BCUT2D eigenvalue weighted by atomic mass is 35.5. The molecule has 0 aliphatic carbocycles. The van der Waals surface area contributed by atoms with Crippen LogP contribution in [0.15, 0.2) is 59.5 Å². The highest BCUT2D eigenvalue weighted by molar-refractivity contribution is 6.30. The minimum absolute atomic E-state index is 0.0439. The molecule has 1 aliphatic heterocycles. The van der Waals surface area contributed by atoms with E-state index in [9.17, 15) is 4.79 Å². The van der Waals surface area contributed by atoms with Gasteiger partial charge in [0.05, 0.1) is 0 Å². The number of anilines is 1. The Bertz CT molecular complexity index is 953. The normalized spacial score (nSPS) is 17.9. The number of hydrogen-bond acceptors (Lipinski definition) is 3. The summed E-state index contributed by atoms with van der Waals surface area (Å²) in [6.45, 7) is 2.99. The van der Waals surface area contributed by atoms with E-state index in [0.717, 1.165) is 47.5 Å². The zero-order chi connectivity index (χ0) is 17.2. The van der Waals surface area contributed by atoms with E-state index >= 15 is 0 Å². The van der Waals surface area contributed by atoms with Gasteiger partial charge in [-0.05, 0) is 53.8 Å². The molecule has 1 atom stereocenters. The van der Waals surface area contributed by atoms with Crippen molar-refractivity contribution in [2.24, 2.45) is 0 Å². The first-order valence-electron chi connectivity index (χ1n) is 8.52. The number of aromatic nitrogens is 1. The number of nitrogens with zero attached hydrogens (tertiary/aromatic N) is 1. The number of aromatic amines is 1. The summed E-state index contributed by atoms with van der Waals surface area (Å²) in [5.74, 6) is 0. The number of likely N-dealkylation sites (tertiary alicyclic amines) is 1. The zero-order valence-corrected chi connectivity index (χ0v) is 14.6. The van der Waals surface area contributed by atoms with E-state index in [0.29, 0.717) is 6.04 Å². The number of H-pyrrole nitrogens is 1. The fourth-order valence-electron chi connectivity index (χ4n) is 3.51. The summed E-state index contributed by atoms with van der Waals surface area (Å²) in [5, 5.41) is 6.07. The molecule has 1 aromatic heterocycles. The molecule has 4 rings (SSSR count). The van der Waals surface area contributed by atoms with E-state index in [1.54, 1.807) is 6.20 Å². The Kier molecular flexibility index (Phi) is 4.47. The number of rotatable bonds is 4. The van der Waals surface area contributed by atoms with Crippen molar-refractivity contribution in [1.82, 2.24) is 9.88 Å². The van der Waals surface area contributed by atoms with Crippen LogP contribution >= 0.6 is 11.6 Å². The number of halogens is 1. The van der Waals surface area contributed by atoms with Gasteiger partial charge in [-0.25, -0.2) is 0 Å². The molecule has 3 aromatic rings. The summed E-state index contributed by atoms with van der Waals surface area (Å²) >= 11 is 6.07. The standard InChI is InChI=1S/C20H20ClN3O/c21-16-3-1-2-14(10-16)12-24-9-7-18(13-24)23-17-4-5-19-15(11-17)6-8-22-20(19)25/h1-6,8,10-11,18,23H,7,9,12-13H2,(H,22,25). The minimum atomic E-state index is -0.0439. The summed E-state index contributed by atoms with van der Waals surface area (Å²) in [7, 11) is 0. The first-order valence-corrected chi connectivity index (χ1v) is 8.90. The van der Waals surface area contributed by atoms with Gasteiger partial charge in [0.1, 0.15) is 0 Å². The second kappa shape index (κ2) is 6.90. The van der Waals surface area contributed by atoms with Crippen LogP contribution < -0.4 is 10.9 Å². The maximum absolute atomic E-state index is 11.8. The van der Waals surface area contributed by atoms with Crippen LogP contribution in [0, 0.1) is 0 Å². The van der Waals surface area contributed by atoms with Gasteiger partial charge in [-0.15, -0.1) is 0 Å². The van der Waals surface area contributed by atoms with Gasteiger partial charge in [-0.1, -0.05) is 23.7 Å². The highest BCUT2D eigenvalue weighted by Gasteiger charge is 2.22. The third-order valence-electron chi connectivity index (χ3n) is 4.71. The lowest BCUT2D eigenvalue weighted by atomic mass is 10.1. The Morgan fingerprint density at radius 1 is 1.20 bits per heavy atom. The van der Waals surface area contributed by atoms with Crippen molar-refractivity contribution in [1.29, 1.82) is 0 Å². The molecule has 1 unspecified atom stereocenters. The topological polar surface area (TPSA) is 48.1 Å². The van der Waals surface area contributed by atoms with Crippen molar-refractivity contribution in [3.8, 4) is 0 Å². The van der Waals surface area contributed by atoms with Gasteiger partial charge in [-0.3, -0.25) is 9.69 Å². The van der Waals surface area contributed by atoms with Crippen LogP contribution in [0.25, 0.3) is 10.8 Å². The summed E-state index contributed by atoms with van der Waals surface area (Å²) in [6.07, 6.45) is 2.80. The molecular weight excluding hydrogens is 334 g/mol. The van der Waals surface area contributed by atoms with Crippen molar-refractivity contribution in [3.05, 3.63) is 75.7 Å². The molecule has 4 nitrogen and oxygen atoms in total. The third-order valence-corrected chi connectivity index (χ3v) is 4.95. The fraction of sp³-hybridized carbons (Fsp3) is 0.250. The molecule has 0 radical (unpaired) electrons. The molecule has 0 saturated carbocycles.